The quantitative estimate of drug-likeness (QED) is 0.0208. The molecule has 25 heteroatoms. The molecular formula is C125H201N8O12S5+5. The molecule has 0 aliphatic carbocycles. The number of hydrogen-bond donors (Lipinski definition) is 3. The second-order valence-electron chi connectivity index (χ2n) is 45.9. The molecule has 2 atom stereocenters. The summed E-state index contributed by atoms with van der Waals surface area (Å²) in [6.07, 6.45) is 36.3. The highest BCUT2D eigenvalue weighted by Crippen LogP contribution is 2.33. The summed E-state index contributed by atoms with van der Waals surface area (Å²) in [6, 6.07) is 50.4. The second kappa shape index (κ2) is 70.9. The third-order valence-electron chi connectivity index (χ3n) is 29.3. The van der Waals surface area contributed by atoms with E-state index in [0.29, 0.717) is 85.3 Å². The Hall–Kier alpha value is -6.56. The molecule has 0 saturated carbocycles. The molecule has 16 rings (SSSR count). The molecule has 10 fully saturated rings. The van der Waals surface area contributed by atoms with Crippen molar-refractivity contribution in [2.75, 3.05) is 194 Å². The lowest BCUT2D eigenvalue weighted by Gasteiger charge is -2.39. The van der Waals surface area contributed by atoms with Crippen LogP contribution in [0.1, 0.15) is 315 Å². The number of unbranched alkanes of at least 4 members (excludes halogenated alkanes) is 2. The topological polar surface area (TPSA) is 248 Å². The van der Waals surface area contributed by atoms with Crippen LogP contribution in [-0.4, -0.2) is 316 Å². The molecule has 0 bridgehead atoms. The van der Waals surface area contributed by atoms with Gasteiger partial charge in [0.1, 0.15) is 98.1 Å². The monoisotopic (exact) mass is 2170 g/mol. The zero-order valence-electron chi connectivity index (χ0n) is 96.4. The predicted molar refractivity (Wildman–Crippen MR) is 644 cm³/mol. The van der Waals surface area contributed by atoms with Gasteiger partial charge in [-0.05, 0) is 419 Å². The smallest absolute Gasteiger partial charge is 0.323 e. The minimum atomic E-state index is -0.641. The fraction of sp³-hybridized carbons (Fsp3) is 0.656. The Balaban J connectivity index is 0.000000226. The number of carbonyl (C=O) groups excluding carboxylic acids is 7. The number of rotatable bonds is 31. The highest BCUT2D eigenvalue weighted by molar-refractivity contribution is 7.99. The maximum Gasteiger partial charge on any atom is 0.323 e. The van der Waals surface area contributed by atoms with Crippen molar-refractivity contribution in [2.45, 2.75) is 323 Å². The van der Waals surface area contributed by atoms with Crippen LogP contribution >= 0.6 is 0 Å². The lowest BCUT2D eigenvalue weighted by molar-refractivity contribution is -0.157. The number of Topliss-reactive ketones (excluding diaryl/α,β-unsaturated/α-hetero) is 5. The number of phenolic OH excluding ortho intramolecular Hbond substituents is 1. The zero-order valence-corrected chi connectivity index (χ0v) is 100. The lowest BCUT2D eigenvalue weighted by Crippen LogP contribution is -2.45. The van der Waals surface area contributed by atoms with Gasteiger partial charge in [0.25, 0.3) is 0 Å². The molecule has 0 radical (unpaired) electrons. The van der Waals surface area contributed by atoms with E-state index in [1.807, 2.05) is 196 Å². The number of benzene rings is 6. The SMILES string of the molecule is CC(C)(C)C(=O)C[S+]1CCCC1.CCCC[S+](CCCC)CC(=O)c1ccccc1.CN1CCC(N2CCCC2)CC1.CN1CCC(N2CCCCC2)CC1.CN1CCC(N2CCCCC2)CC1.COc1ccc(CC(N)C(=O)OC(C)(C)C)cc1.COc1ccc(CC(N)C(=O)OC(C)(C)C)cc1.Cc1ccc(C(=O)C(C)(C)[S+]2CCCC2)cc1.O=C(C[S+]1CCCC1)c1ccc(O)cc1.O=C(C[S+]1CCCC1)c1ccccc1. The standard InChI is InChI=1S/C16H25OS.C15H21OS.2C14H21NO3.C12H14O2S.C12H15OS.2C11H22N2.C10H20N2.C10H19OS/c1-3-5-12-18(13-6-4-2)14-16(17)15-10-8-7-9-11-15;1-12-6-8-13(9-7-12)14(16)15(2,3)17-10-4-5-11-17;2*1-14(2,3)18-13(16)12(15)9-10-5-7-11(17-4)8-6-10;13-11-5-3-10(4-6-11)12(14)9-15-7-1-2-8-15;13-12(10-14-8-4-5-9-14)11-6-2-1-3-7-11;2*1-12-9-5-11(6-10-12)13-7-3-2-4-8-13;1-11-8-4-10(5-9-11)12-6-2-3-7-12;1-10(2,3)9(11)8-12-6-4-5-7-12/h7-11H,3-6,12-14H2,1-2H3;6-9H,4-5,10-11H2,1-3H3;2*5-8,12H,9,15H2,1-4H3;3-6H,1-2,7-9H2;1-3,6-7H,4-5,8-10H2;2*11H,2-10H2,1H3;10H,2-9H2,1H3;4-8H2,1-3H3/q2*+1;;;;+1;;;;+1/p+1. The van der Waals surface area contributed by atoms with Crippen molar-refractivity contribution in [1.82, 2.24) is 29.4 Å². The molecule has 0 spiro atoms. The van der Waals surface area contributed by atoms with Crippen molar-refractivity contribution >= 4 is 95.3 Å². The Kier molecular flexibility index (Phi) is 61.6. The Morgan fingerprint density at radius 2 is 0.687 bits per heavy atom. The number of aromatic hydroxyl groups is 1. The molecule has 10 saturated heterocycles. The van der Waals surface area contributed by atoms with Crippen LogP contribution in [0.15, 0.2) is 158 Å². The number of phenols is 1. The molecule has 6 aromatic rings. The molecule has 20 nitrogen and oxygen atoms in total. The van der Waals surface area contributed by atoms with Crippen molar-refractivity contribution in [3.63, 3.8) is 0 Å². The molecule has 0 amide bonds. The Labute approximate surface area is 923 Å². The van der Waals surface area contributed by atoms with Gasteiger partial charge in [0.05, 0.1) is 14.2 Å². The number of methoxy groups -OCH3 is 2. The number of nitrogens with two attached hydrogens (primary N) is 2. The van der Waals surface area contributed by atoms with E-state index in [1.54, 1.807) is 38.5 Å². The van der Waals surface area contributed by atoms with E-state index in [4.69, 9.17) is 35.5 Å². The molecular weight excluding hydrogens is 1970 g/mol. The highest BCUT2D eigenvalue weighted by atomic mass is 32.2. The zero-order chi connectivity index (χ0) is 109. The van der Waals surface area contributed by atoms with E-state index in [-0.39, 0.29) is 44.5 Å². The maximum absolute atomic E-state index is 12.6. The summed E-state index contributed by atoms with van der Waals surface area (Å²) in [6.45, 7) is 43.8. The van der Waals surface area contributed by atoms with Crippen LogP contribution in [0.2, 0.25) is 0 Å². The summed E-state index contributed by atoms with van der Waals surface area (Å²) in [5.74, 6) is 18.3. The number of aryl methyl sites for hydroxylation is 1. The number of piperidine rings is 5. The predicted octanol–water partition coefficient (Wildman–Crippen LogP) is 21.9. The minimum Gasteiger partial charge on any atom is -0.508 e. The van der Waals surface area contributed by atoms with Gasteiger partial charge in [-0.2, -0.15) is 0 Å². The van der Waals surface area contributed by atoms with Crippen LogP contribution in [0.25, 0.3) is 0 Å². The molecule has 838 valence electrons. The fourth-order valence-electron chi connectivity index (χ4n) is 19.7. The van der Waals surface area contributed by atoms with E-state index >= 15 is 0 Å². The Bertz CT molecular complexity index is 4560. The average Bonchev–Trinajstić information content (AvgIpc) is 1.54. The molecule has 2 unspecified atom stereocenters. The summed E-state index contributed by atoms with van der Waals surface area (Å²) in [4.78, 5) is 99.0. The minimum absolute atomic E-state index is 0.115. The molecule has 5 N–H and O–H groups in total. The van der Waals surface area contributed by atoms with Crippen LogP contribution < -0.4 is 20.9 Å². The average molecular weight is 2170 g/mol. The van der Waals surface area contributed by atoms with Crippen molar-refractivity contribution in [2.24, 2.45) is 16.9 Å². The molecule has 10 aliphatic heterocycles. The third-order valence-corrected chi connectivity index (χ3v) is 42.1. The van der Waals surface area contributed by atoms with Crippen LogP contribution in [-0.2, 0) is 91.2 Å². The van der Waals surface area contributed by atoms with Gasteiger partial charge in [0.15, 0.2) is 33.5 Å². The van der Waals surface area contributed by atoms with E-state index in [1.165, 1.54) is 309 Å². The summed E-state index contributed by atoms with van der Waals surface area (Å²) >= 11 is 0. The van der Waals surface area contributed by atoms with Gasteiger partial charge in [0, 0.05) is 56.7 Å². The van der Waals surface area contributed by atoms with Crippen molar-refractivity contribution in [3.8, 4) is 17.2 Å². The molecule has 0 aromatic heterocycles. The number of ether oxygens (including phenoxy) is 4. The van der Waals surface area contributed by atoms with Crippen LogP contribution in [0.5, 0.6) is 17.2 Å². The van der Waals surface area contributed by atoms with Crippen molar-refractivity contribution in [1.29, 1.82) is 0 Å². The van der Waals surface area contributed by atoms with Gasteiger partial charge in [-0.3, -0.25) is 33.6 Å². The largest absolute Gasteiger partial charge is 0.508 e. The number of likely N-dealkylation sites (tertiary alicyclic amines) is 6. The van der Waals surface area contributed by atoms with E-state index < -0.39 is 23.3 Å². The first-order valence-corrected chi connectivity index (χ1v) is 65.5. The summed E-state index contributed by atoms with van der Waals surface area (Å²) < 4.78 is 20.4. The summed E-state index contributed by atoms with van der Waals surface area (Å²) in [5, 5.41) is 9.11. The Morgan fingerprint density at radius 3 is 1.01 bits per heavy atom. The molecule has 6 aromatic carbocycles. The van der Waals surface area contributed by atoms with Gasteiger partial charge in [-0.1, -0.05) is 175 Å². The van der Waals surface area contributed by atoms with Crippen LogP contribution in [0.3, 0.4) is 0 Å². The van der Waals surface area contributed by atoms with Gasteiger partial charge in [0.2, 0.25) is 23.1 Å². The number of hydrogen-bond acceptors (Lipinski definition) is 20. The number of esters is 2. The van der Waals surface area contributed by atoms with Crippen LogP contribution in [0.4, 0.5) is 0 Å². The van der Waals surface area contributed by atoms with Gasteiger partial charge < -0.3 is 64.9 Å². The van der Waals surface area contributed by atoms with E-state index in [9.17, 15) is 33.6 Å². The molecule has 150 heavy (non-hydrogen) atoms. The summed E-state index contributed by atoms with van der Waals surface area (Å²) in [5.41, 5.74) is 17.1. The van der Waals surface area contributed by atoms with Gasteiger partial charge in [-0.15, -0.1) is 0 Å². The summed E-state index contributed by atoms with van der Waals surface area (Å²) in [7, 11) is 11.7. The first-order chi connectivity index (χ1) is 71.6. The first-order valence-electron chi connectivity index (χ1n) is 57.0. The van der Waals surface area contributed by atoms with Gasteiger partial charge >= 0.3 is 11.9 Å². The normalized spacial score (nSPS) is 18.7. The van der Waals surface area contributed by atoms with Crippen molar-refractivity contribution in [3.05, 3.63) is 197 Å². The number of ketones is 5. The highest BCUT2D eigenvalue weighted by Gasteiger charge is 2.47. The van der Waals surface area contributed by atoms with E-state index in [0.717, 1.165) is 80.3 Å². The number of carbonyl (C=O) groups is 7. The third kappa shape index (κ3) is 52.5. The fourth-order valence-corrected chi connectivity index (χ4v) is 31.8. The van der Waals surface area contributed by atoms with Crippen molar-refractivity contribution < 1.29 is 57.6 Å². The maximum atomic E-state index is 12.6. The lowest BCUT2D eigenvalue weighted by atomic mass is 9.92. The number of nitrogens with zero attached hydrogens (tertiary/aromatic N) is 6. The van der Waals surface area contributed by atoms with Gasteiger partial charge in [-0.25, -0.2) is 0 Å². The molecule has 10 aliphatic rings. The van der Waals surface area contributed by atoms with Crippen LogP contribution in [0, 0.1) is 12.3 Å². The second-order valence-corrected chi connectivity index (χ2v) is 58.1. The molecule has 10 heterocycles. The Morgan fingerprint density at radius 1 is 0.380 bits per heavy atom. The first kappa shape index (κ1) is 130. The van der Waals surface area contributed by atoms with E-state index in [2.05, 4.69) is 85.2 Å².